The molecule has 1 saturated heterocycles. The van der Waals surface area contributed by atoms with Crippen LogP contribution in [-0.4, -0.2) is 35.3 Å². The van der Waals surface area contributed by atoms with Crippen LogP contribution in [0, 0.1) is 0 Å². The summed E-state index contributed by atoms with van der Waals surface area (Å²) in [6, 6.07) is 8.55. The Morgan fingerprint density at radius 3 is 2.52 bits per heavy atom. The SMILES string of the molecule is CC(=O)N(Cc1ccc(NC(=O)CC2CCCN2)cc1)C1CC1. The Kier molecular flexibility index (Phi) is 4.96. The molecule has 5 nitrogen and oxygen atoms in total. The number of carbonyl (C=O) groups excluding carboxylic acids is 2. The minimum Gasteiger partial charge on any atom is -0.336 e. The van der Waals surface area contributed by atoms with Crippen molar-refractivity contribution in [3.8, 4) is 0 Å². The van der Waals surface area contributed by atoms with E-state index in [1.54, 1.807) is 6.92 Å². The second-order valence-electron chi connectivity index (χ2n) is 6.62. The van der Waals surface area contributed by atoms with Crippen LogP contribution < -0.4 is 10.6 Å². The van der Waals surface area contributed by atoms with Gasteiger partial charge in [0.15, 0.2) is 0 Å². The minimum atomic E-state index is 0.0560. The Bertz CT molecular complexity index is 560. The first-order valence-electron chi connectivity index (χ1n) is 8.51. The van der Waals surface area contributed by atoms with Gasteiger partial charge in [0, 0.05) is 37.7 Å². The summed E-state index contributed by atoms with van der Waals surface area (Å²) >= 11 is 0. The molecule has 1 atom stereocenters. The smallest absolute Gasteiger partial charge is 0.225 e. The van der Waals surface area contributed by atoms with Gasteiger partial charge in [-0.05, 0) is 49.9 Å². The molecule has 1 aliphatic carbocycles. The Hall–Kier alpha value is -1.88. The van der Waals surface area contributed by atoms with E-state index < -0.39 is 0 Å². The van der Waals surface area contributed by atoms with Crippen molar-refractivity contribution in [3.05, 3.63) is 29.8 Å². The zero-order valence-corrected chi connectivity index (χ0v) is 13.7. The molecule has 0 spiro atoms. The summed E-state index contributed by atoms with van der Waals surface area (Å²) in [6.07, 6.45) is 4.99. The highest BCUT2D eigenvalue weighted by molar-refractivity contribution is 5.91. The van der Waals surface area contributed by atoms with E-state index in [4.69, 9.17) is 0 Å². The van der Waals surface area contributed by atoms with Crippen LogP contribution in [0.25, 0.3) is 0 Å². The first kappa shape index (κ1) is 16.0. The van der Waals surface area contributed by atoms with Gasteiger partial charge in [-0.1, -0.05) is 12.1 Å². The molecule has 1 saturated carbocycles. The molecule has 1 aromatic rings. The van der Waals surface area contributed by atoms with Gasteiger partial charge >= 0.3 is 0 Å². The van der Waals surface area contributed by atoms with E-state index in [0.29, 0.717) is 25.0 Å². The molecule has 124 valence electrons. The van der Waals surface area contributed by atoms with Gasteiger partial charge in [0.25, 0.3) is 0 Å². The number of hydrogen-bond acceptors (Lipinski definition) is 3. The Balaban J connectivity index is 1.52. The largest absolute Gasteiger partial charge is 0.336 e. The molecule has 2 amide bonds. The van der Waals surface area contributed by atoms with E-state index in [0.717, 1.165) is 43.5 Å². The summed E-state index contributed by atoms with van der Waals surface area (Å²) in [5.41, 5.74) is 1.92. The summed E-state index contributed by atoms with van der Waals surface area (Å²) in [4.78, 5) is 25.6. The summed E-state index contributed by atoms with van der Waals surface area (Å²) < 4.78 is 0. The van der Waals surface area contributed by atoms with Crippen molar-refractivity contribution in [2.75, 3.05) is 11.9 Å². The lowest BCUT2D eigenvalue weighted by molar-refractivity contribution is -0.130. The maximum Gasteiger partial charge on any atom is 0.225 e. The van der Waals surface area contributed by atoms with Crippen molar-refractivity contribution in [1.29, 1.82) is 0 Å². The molecule has 1 aromatic carbocycles. The predicted octanol–water partition coefficient (Wildman–Crippen LogP) is 2.28. The quantitative estimate of drug-likeness (QED) is 0.846. The normalized spacial score (nSPS) is 20.3. The molecule has 1 aliphatic heterocycles. The number of benzene rings is 1. The Morgan fingerprint density at radius 2 is 1.96 bits per heavy atom. The van der Waals surface area contributed by atoms with Gasteiger partial charge in [-0.15, -0.1) is 0 Å². The number of nitrogens with zero attached hydrogens (tertiary/aromatic N) is 1. The average Bonchev–Trinajstić information content (AvgIpc) is 3.23. The molecule has 2 N–H and O–H groups in total. The molecule has 2 aliphatic rings. The van der Waals surface area contributed by atoms with Crippen LogP contribution in [0.5, 0.6) is 0 Å². The number of carbonyl (C=O) groups is 2. The van der Waals surface area contributed by atoms with Crippen molar-refractivity contribution >= 4 is 17.5 Å². The Labute approximate surface area is 137 Å². The number of hydrogen-bond donors (Lipinski definition) is 2. The van der Waals surface area contributed by atoms with Gasteiger partial charge in [-0.2, -0.15) is 0 Å². The highest BCUT2D eigenvalue weighted by Crippen LogP contribution is 2.28. The van der Waals surface area contributed by atoms with Gasteiger partial charge in [0.05, 0.1) is 0 Å². The highest BCUT2D eigenvalue weighted by atomic mass is 16.2. The zero-order valence-electron chi connectivity index (χ0n) is 13.7. The van der Waals surface area contributed by atoms with E-state index in [-0.39, 0.29) is 11.8 Å². The van der Waals surface area contributed by atoms with Gasteiger partial charge in [0.1, 0.15) is 0 Å². The van der Waals surface area contributed by atoms with Crippen LogP contribution in [0.1, 0.15) is 44.6 Å². The van der Waals surface area contributed by atoms with Crippen LogP contribution in [0.2, 0.25) is 0 Å². The van der Waals surface area contributed by atoms with Crippen LogP contribution in [0.15, 0.2) is 24.3 Å². The molecule has 1 unspecified atom stereocenters. The number of anilines is 1. The molecule has 0 radical (unpaired) electrons. The fourth-order valence-corrected chi connectivity index (χ4v) is 3.14. The average molecular weight is 315 g/mol. The fourth-order valence-electron chi connectivity index (χ4n) is 3.14. The van der Waals surface area contributed by atoms with Gasteiger partial charge in [-0.25, -0.2) is 0 Å². The van der Waals surface area contributed by atoms with Crippen molar-refractivity contribution in [2.45, 2.75) is 57.7 Å². The minimum absolute atomic E-state index is 0.0560. The van der Waals surface area contributed by atoms with E-state index in [2.05, 4.69) is 10.6 Å². The molecular formula is C18H25N3O2. The number of amides is 2. The monoisotopic (exact) mass is 315 g/mol. The third-order valence-electron chi connectivity index (χ3n) is 4.58. The van der Waals surface area contributed by atoms with Crippen molar-refractivity contribution < 1.29 is 9.59 Å². The molecule has 0 aromatic heterocycles. The third-order valence-corrected chi connectivity index (χ3v) is 4.58. The van der Waals surface area contributed by atoms with E-state index >= 15 is 0 Å². The van der Waals surface area contributed by atoms with Crippen molar-refractivity contribution in [2.24, 2.45) is 0 Å². The molecule has 2 fully saturated rings. The Morgan fingerprint density at radius 1 is 1.22 bits per heavy atom. The number of nitrogens with one attached hydrogen (secondary N) is 2. The first-order valence-corrected chi connectivity index (χ1v) is 8.51. The second kappa shape index (κ2) is 7.13. The molecule has 0 bridgehead atoms. The lowest BCUT2D eigenvalue weighted by Crippen LogP contribution is -2.30. The van der Waals surface area contributed by atoms with Crippen molar-refractivity contribution in [3.63, 3.8) is 0 Å². The summed E-state index contributed by atoms with van der Waals surface area (Å²) in [6.45, 7) is 3.30. The maximum atomic E-state index is 12.0. The summed E-state index contributed by atoms with van der Waals surface area (Å²) in [5, 5.41) is 6.28. The standard InChI is InChI=1S/C18H25N3O2/c1-13(22)21(17-8-9-17)12-14-4-6-15(7-5-14)20-18(23)11-16-3-2-10-19-16/h4-7,16-17,19H,2-3,8-12H2,1H3,(H,20,23). The topological polar surface area (TPSA) is 61.4 Å². The fraction of sp³-hybridized carbons (Fsp3) is 0.556. The van der Waals surface area contributed by atoms with Gasteiger partial charge in [0.2, 0.25) is 11.8 Å². The van der Waals surface area contributed by atoms with Crippen LogP contribution in [-0.2, 0) is 16.1 Å². The van der Waals surface area contributed by atoms with Gasteiger partial charge < -0.3 is 15.5 Å². The highest BCUT2D eigenvalue weighted by Gasteiger charge is 2.30. The summed E-state index contributed by atoms with van der Waals surface area (Å²) in [7, 11) is 0. The van der Waals surface area contributed by atoms with Crippen LogP contribution in [0.3, 0.4) is 0 Å². The van der Waals surface area contributed by atoms with Gasteiger partial charge in [-0.3, -0.25) is 9.59 Å². The summed E-state index contributed by atoms with van der Waals surface area (Å²) in [5.74, 6) is 0.189. The number of rotatable bonds is 6. The molecular weight excluding hydrogens is 290 g/mol. The molecule has 23 heavy (non-hydrogen) atoms. The lowest BCUT2D eigenvalue weighted by atomic mass is 10.1. The van der Waals surface area contributed by atoms with Crippen LogP contribution >= 0.6 is 0 Å². The van der Waals surface area contributed by atoms with Crippen LogP contribution in [0.4, 0.5) is 5.69 Å². The zero-order chi connectivity index (χ0) is 16.2. The van der Waals surface area contributed by atoms with E-state index in [9.17, 15) is 9.59 Å². The van der Waals surface area contributed by atoms with E-state index in [1.807, 2.05) is 29.2 Å². The lowest BCUT2D eigenvalue weighted by Gasteiger charge is -2.20. The molecule has 1 heterocycles. The maximum absolute atomic E-state index is 12.0. The second-order valence-corrected chi connectivity index (χ2v) is 6.62. The predicted molar refractivity (Wildman–Crippen MR) is 90.0 cm³/mol. The first-order chi connectivity index (χ1) is 11.1. The van der Waals surface area contributed by atoms with Crippen molar-refractivity contribution in [1.82, 2.24) is 10.2 Å². The van der Waals surface area contributed by atoms with E-state index in [1.165, 1.54) is 0 Å². The molecule has 5 heteroatoms. The molecule has 3 rings (SSSR count). The third kappa shape index (κ3) is 4.55.